The largest absolute Gasteiger partial charge is 0.368 e. The van der Waals surface area contributed by atoms with Crippen molar-refractivity contribution in [3.8, 4) is 11.1 Å². The van der Waals surface area contributed by atoms with E-state index in [0.29, 0.717) is 6.54 Å². The van der Waals surface area contributed by atoms with Crippen molar-refractivity contribution >= 4 is 18.3 Å². The fraction of sp³-hybridized carbons (Fsp3) is 0.357. The molecule has 2 unspecified atom stereocenters. The minimum absolute atomic E-state index is 0. The number of rotatable bonds is 2. The van der Waals surface area contributed by atoms with Crippen LogP contribution < -0.4 is 11.1 Å². The van der Waals surface area contributed by atoms with Crippen LogP contribution in [0.15, 0.2) is 24.5 Å². The van der Waals surface area contributed by atoms with Gasteiger partial charge in [0.25, 0.3) is 0 Å². The number of carbonyl (C=O) groups is 1. The van der Waals surface area contributed by atoms with Gasteiger partial charge in [0, 0.05) is 30.5 Å². The third-order valence-electron chi connectivity index (χ3n) is 3.74. The fourth-order valence-electron chi connectivity index (χ4n) is 2.79. The van der Waals surface area contributed by atoms with E-state index in [1.165, 1.54) is 0 Å². The number of carbonyl (C=O) groups excluding carboxylic acids is 1. The molecule has 112 valence electrons. The number of nitrogens with zero attached hydrogens (tertiary/aromatic N) is 3. The highest BCUT2D eigenvalue weighted by atomic mass is 35.5. The Labute approximate surface area is 129 Å². The number of halogens is 1. The van der Waals surface area contributed by atoms with Crippen molar-refractivity contribution in [1.29, 1.82) is 0 Å². The van der Waals surface area contributed by atoms with Crippen molar-refractivity contribution < 1.29 is 4.79 Å². The quantitative estimate of drug-likeness (QED) is 0.877. The van der Waals surface area contributed by atoms with Crippen LogP contribution >= 0.6 is 12.4 Å². The molecule has 3 N–H and O–H groups in total. The molecule has 0 fully saturated rings. The highest BCUT2D eigenvalue weighted by Gasteiger charge is 2.32. The van der Waals surface area contributed by atoms with Crippen molar-refractivity contribution in [2.45, 2.75) is 25.9 Å². The lowest BCUT2D eigenvalue weighted by Crippen LogP contribution is -2.42. The molecule has 0 saturated carbocycles. The monoisotopic (exact) mass is 307 g/mol. The molecule has 6 nitrogen and oxygen atoms in total. The highest BCUT2D eigenvalue weighted by Crippen LogP contribution is 2.34. The molecule has 0 radical (unpaired) electrons. The van der Waals surface area contributed by atoms with E-state index in [-0.39, 0.29) is 24.4 Å². The van der Waals surface area contributed by atoms with E-state index in [2.05, 4.69) is 22.3 Å². The topological polar surface area (TPSA) is 85.8 Å². The summed E-state index contributed by atoms with van der Waals surface area (Å²) in [5, 5.41) is 7.85. The number of nitrogens with two attached hydrogens (primary N) is 1. The standard InChI is InChI=1S/C14H17N5O.ClH/c1-8-12(10-3-5-16-6-4-10)13-9(2)17-7-11(14(15)20)19(13)18-8;/h3-6,9,11,17H,7H2,1-2H3,(H2,15,20);1H. The number of hydrogen-bond acceptors (Lipinski definition) is 4. The number of hydrogen-bond donors (Lipinski definition) is 2. The molecule has 1 aliphatic heterocycles. The number of aryl methyl sites for hydroxylation is 1. The second-order valence-corrected chi connectivity index (χ2v) is 5.07. The molecular weight excluding hydrogens is 290 g/mol. The normalized spacial score (nSPS) is 20.5. The first-order chi connectivity index (χ1) is 9.59. The summed E-state index contributed by atoms with van der Waals surface area (Å²) in [5.41, 5.74) is 9.48. The zero-order valence-electron chi connectivity index (χ0n) is 11.9. The van der Waals surface area contributed by atoms with E-state index in [9.17, 15) is 4.79 Å². The molecule has 0 aromatic carbocycles. The molecule has 0 aliphatic carbocycles. The van der Waals surface area contributed by atoms with Crippen LogP contribution in [0.2, 0.25) is 0 Å². The van der Waals surface area contributed by atoms with E-state index >= 15 is 0 Å². The van der Waals surface area contributed by atoms with Crippen LogP contribution in [-0.4, -0.2) is 27.2 Å². The van der Waals surface area contributed by atoms with Gasteiger partial charge in [0.05, 0.1) is 11.4 Å². The first-order valence-corrected chi connectivity index (χ1v) is 6.61. The van der Waals surface area contributed by atoms with Crippen molar-refractivity contribution in [1.82, 2.24) is 20.1 Å². The average Bonchev–Trinajstić information content (AvgIpc) is 2.77. The van der Waals surface area contributed by atoms with Gasteiger partial charge < -0.3 is 11.1 Å². The maximum Gasteiger partial charge on any atom is 0.243 e. The Bertz CT molecular complexity index is 655. The van der Waals surface area contributed by atoms with Gasteiger partial charge in [0.2, 0.25) is 5.91 Å². The van der Waals surface area contributed by atoms with Gasteiger partial charge in [-0.15, -0.1) is 12.4 Å². The molecule has 2 aromatic rings. The number of amides is 1. The summed E-state index contributed by atoms with van der Waals surface area (Å²) in [6.45, 7) is 4.53. The van der Waals surface area contributed by atoms with E-state index in [1.54, 1.807) is 17.1 Å². The SMILES string of the molecule is Cc1nn2c(c1-c1ccncc1)C(C)NCC2C(N)=O.Cl. The zero-order valence-corrected chi connectivity index (χ0v) is 12.7. The summed E-state index contributed by atoms with van der Waals surface area (Å²) >= 11 is 0. The van der Waals surface area contributed by atoms with Crippen LogP contribution in [0.3, 0.4) is 0 Å². The van der Waals surface area contributed by atoms with Crippen molar-refractivity contribution in [2.24, 2.45) is 5.73 Å². The van der Waals surface area contributed by atoms with Gasteiger partial charge in [0.1, 0.15) is 6.04 Å². The van der Waals surface area contributed by atoms with Crippen molar-refractivity contribution in [3.63, 3.8) is 0 Å². The highest BCUT2D eigenvalue weighted by molar-refractivity contribution is 5.85. The first-order valence-electron chi connectivity index (χ1n) is 6.61. The van der Waals surface area contributed by atoms with Gasteiger partial charge in [-0.2, -0.15) is 5.10 Å². The lowest BCUT2D eigenvalue weighted by molar-refractivity contribution is -0.121. The number of aromatic nitrogens is 3. The van der Waals surface area contributed by atoms with Gasteiger partial charge in [-0.1, -0.05) is 0 Å². The molecule has 1 amide bonds. The minimum atomic E-state index is -0.435. The maximum atomic E-state index is 11.6. The maximum absolute atomic E-state index is 11.6. The van der Waals surface area contributed by atoms with E-state index in [1.807, 2.05) is 19.1 Å². The zero-order chi connectivity index (χ0) is 14.3. The third-order valence-corrected chi connectivity index (χ3v) is 3.74. The summed E-state index contributed by atoms with van der Waals surface area (Å²) in [4.78, 5) is 15.6. The van der Waals surface area contributed by atoms with E-state index in [0.717, 1.165) is 22.5 Å². The second kappa shape index (κ2) is 5.83. The molecule has 3 rings (SSSR count). The second-order valence-electron chi connectivity index (χ2n) is 5.07. The van der Waals surface area contributed by atoms with Gasteiger partial charge in [-0.05, 0) is 31.5 Å². The van der Waals surface area contributed by atoms with Crippen LogP contribution in [0.25, 0.3) is 11.1 Å². The Hall–Kier alpha value is -1.92. The van der Waals surface area contributed by atoms with Gasteiger partial charge in [-0.25, -0.2) is 0 Å². The average molecular weight is 308 g/mol. The molecule has 2 atom stereocenters. The van der Waals surface area contributed by atoms with Crippen LogP contribution in [-0.2, 0) is 4.79 Å². The molecule has 2 aromatic heterocycles. The minimum Gasteiger partial charge on any atom is -0.368 e. The number of fused-ring (bicyclic) bond motifs is 1. The van der Waals surface area contributed by atoms with Crippen LogP contribution in [0.5, 0.6) is 0 Å². The van der Waals surface area contributed by atoms with Crippen molar-refractivity contribution in [3.05, 3.63) is 35.9 Å². The number of primary amides is 1. The van der Waals surface area contributed by atoms with Gasteiger partial charge >= 0.3 is 0 Å². The Morgan fingerprint density at radius 1 is 1.43 bits per heavy atom. The van der Waals surface area contributed by atoms with Crippen LogP contribution in [0, 0.1) is 6.92 Å². The summed E-state index contributed by atoms with van der Waals surface area (Å²) < 4.78 is 1.77. The van der Waals surface area contributed by atoms with E-state index in [4.69, 9.17) is 5.73 Å². The Balaban J connectivity index is 0.00000161. The molecular formula is C14H18ClN5O. The molecule has 0 saturated heterocycles. The van der Waals surface area contributed by atoms with E-state index < -0.39 is 6.04 Å². The third kappa shape index (κ3) is 2.52. The fourth-order valence-corrected chi connectivity index (χ4v) is 2.79. The number of nitrogens with one attached hydrogen (secondary N) is 1. The van der Waals surface area contributed by atoms with Gasteiger partial charge in [0.15, 0.2) is 0 Å². The van der Waals surface area contributed by atoms with Crippen LogP contribution in [0.4, 0.5) is 0 Å². The molecule has 21 heavy (non-hydrogen) atoms. The summed E-state index contributed by atoms with van der Waals surface area (Å²) in [6, 6.07) is 3.59. The summed E-state index contributed by atoms with van der Waals surface area (Å²) in [5.74, 6) is -0.366. The summed E-state index contributed by atoms with van der Waals surface area (Å²) in [6.07, 6.45) is 3.51. The molecule has 7 heteroatoms. The van der Waals surface area contributed by atoms with Gasteiger partial charge in [-0.3, -0.25) is 14.5 Å². The lowest BCUT2D eigenvalue weighted by Gasteiger charge is -2.28. The smallest absolute Gasteiger partial charge is 0.243 e. The molecule has 1 aliphatic rings. The number of pyridine rings is 1. The first kappa shape index (κ1) is 15.5. The molecule has 0 bridgehead atoms. The predicted octanol–water partition coefficient (Wildman–Crippen LogP) is 1.37. The lowest BCUT2D eigenvalue weighted by atomic mass is 9.99. The predicted molar refractivity (Wildman–Crippen MR) is 82.1 cm³/mol. The Kier molecular flexibility index (Phi) is 4.29. The molecule has 0 spiro atoms. The van der Waals surface area contributed by atoms with Crippen molar-refractivity contribution in [2.75, 3.05) is 6.54 Å². The Morgan fingerprint density at radius 3 is 2.71 bits per heavy atom. The summed E-state index contributed by atoms with van der Waals surface area (Å²) in [7, 11) is 0. The Morgan fingerprint density at radius 2 is 2.10 bits per heavy atom. The van der Waals surface area contributed by atoms with Crippen LogP contribution in [0.1, 0.15) is 30.4 Å². The molecule has 3 heterocycles.